The van der Waals surface area contributed by atoms with Crippen molar-refractivity contribution in [1.82, 2.24) is 9.55 Å². The Kier molecular flexibility index (Phi) is 3.86. The predicted octanol–water partition coefficient (Wildman–Crippen LogP) is 4.49. The van der Waals surface area contributed by atoms with Gasteiger partial charge in [-0.3, -0.25) is 0 Å². The number of nitrogens with two attached hydrogens (primary N) is 1. The summed E-state index contributed by atoms with van der Waals surface area (Å²) >= 11 is 12.0. The molecule has 0 spiro atoms. The van der Waals surface area contributed by atoms with Crippen LogP contribution in [0.15, 0.2) is 54.9 Å². The van der Waals surface area contributed by atoms with E-state index >= 15 is 0 Å². The molecule has 106 valence electrons. The van der Waals surface area contributed by atoms with Crippen molar-refractivity contribution >= 4 is 28.9 Å². The fourth-order valence-electron chi connectivity index (χ4n) is 2.15. The molecule has 21 heavy (non-hydrogen) atoms. The van der Waals surface area contributed by atoms with Gasteiger partial charge < -0.3 is 10.3 Å². The van der Waals surface area contributed by atoms with Gasteiger partial charge >= 0.3 is 0 Å². The smallest absolute Gasteiger partial charge is 0.140 e. The Morgan fingerprint density at radius 3 is 2.48 bits per heavy atom. The van der Waals surface area contributed by atoms with Gasteiger partial charge in [-0.1, -0.05) is 35.3 Å². The standard InChI is InChI=1S/C16H13Cl2N3/c17-14-6-3-12(9-15(14)18)16-20-7-8-21(16)10-11-1-4-13(19)5-2-11/h1-9H,10,19H2. The van der Waals surface area contributed by atoms with Crippen LogP contribution < -0.4 is 5.73 Å². The third-order valence-electron chi connectivity index (χ3n) is 3.23. The molecular formula is C16H13Cl2N3. The van der Waals surface area contributed by atoms with E-state index in [9.17, 15) is 0 Å². The fourth-order valence-corrected chi connectivity index (χ4v) is 2.45. The second-order valence-corrected chi connectivity index (χ2v) is 5.56. The predicted molar refractivity (Wildman–Crippen MR) is 87.6 cm³/mol. The number of benzene rings is 2. The van der Waals surface area contributed by atoms with E-state index in [1.165, 1.54) is 0 Å². The van der Waals surface area contributed by atoms with Gasteiger partial charge in [0.15, 0.2) is 0 Å². The molecule has 0 unspecified atom stereocenters. The normalized spacial score (nSPS) is 10.8. The van der Waals surface area contributed by atoms with Gasteiger partial charge in [0, 0.05) is 30.2 Å². The Balaban J connectivity index is 1.93. The molecule has 1 heterocycles. The molecule has 2 aromatic carbocycles. The average molecular weight is 318 g/mol. The van der Waals surface area contributed by atoms with Crippen LogP contribution >= 0.6 is 23.2 Å². The monoisotopic (exact) mass is 317 g/mol. The van der Waals surface area contributed by atoms with Gasteiger partial charge in [0.1, 0.15) is 5.82 Å². The highest BCUT2D eigenvalue weighted by Crippen LogP contribution is 2.28. The first-order valence-corrected chi connectivity index (χ1v) is 7.20. The first-order chi connectivity index (χ1) is 10.1. The van der Waals surface area contributed by atoms with Gasteiger partial charge in [0.2, 0.25) is 0 Å². The maximum absolute atomic E-state index is 6.08. The van der Waals surface area contributed by atoms with Crippen LogP contribution in [-0.2, 0) is 6.54 Å². The van der Waals surface area contributed by atoms with Gasteiger partial charge in [-0.15, -0.1) is 0 Å². The molecule has 0 amide bonds. The summed E-state index contributed by atoms with van der Waals surface area (Å²) in [5.74, 6) is 0.852. The van der Waals surface area contributed by atoms with E-state index in [1.54, 1.807) is 12.3 Å². The molecule has 0 saturated carbocycles. The molecule has 0 radical (unpaired) electrons. The number of imidazole rings is 1. The van der Waals surface area contributed by atoms with E-state index in [2.05, 4.69) is 9.55 Å². The quantitative estimate of drug-likeness (QED) is 0.723. The van der Waals surface area contributed by atoms with Crippen LogP contribution in [-0.4, -0.2) is 9.55 Å². The molecule has 0 aliphatic carbocycles. The van der Waals surface area contributed by atoms with Crippen LogP contribution in [0.25, 0.3) is 11.4 Å². The van der Waals surface area contributed by atoms with Gasteiger partial charge in [0.25, 0.3) is 0 Å². The molecule has 2 N–H and O–H groups in total. The molecular weight excluding hydrogens is 305 g/mol. The summed E-state index contributed by atoms with van der Waals surface area (Å²) in [6, 6.07) is 13.3. The number of hydrogen-bond acceptors (Lipinski definition) is 2. The lowest BCUT2D eigenvalue weighted by Gasteiger charge is -2.09. The van der Waals surface area contributed by atoms with Gasteiger partial charge in [0.05, 0.1) is 10.0 Å². The Labute approximate surface area is 132 Å². The van der Waals surface area contributed by atoms with Crippen LogP contribution in [0.5, 0.6) is 0 Å². The van der Waals surface area contributed by atoms with E-state index < -0.39 is 0 Å². The Bertz CT molecular complexity index is 763. The molecule has 3 nitrogen and oxygen atoms in total. The maximum atomic E-state index is 6.08. The summed E-state index contributed by atoms with van der Waals surface area (Å²) in [5.41, 5.74) is 8.55. The van der Waals surface area contributed by atoms with E-state index in [0.29, 0.717) is 10.0 Å². The summed E-state index contributed by atoms with van der Waals surface area (Å²) in [7, 11) is 0. The Morgan fingerprint density at radius 1 is 1.00 bits per heavy atom. The minimum atomic E-state index is 0.524. The van der Waals surface area contributed by atoms with Crippen LogP contribution in [0.1, 0.15) is 5.56 Å². The second kappa shape index (κ2) is 5.80. The number of anilines is 1. The minimum Gasteiger partial charge on any atom is -0.399 e. The molecule has 0 fully saturated rings. The molecule has 5 heteroatoms. The highest BCUT2D eigenvalue weighted by Gasteiger charge is 2.08. The van der Waals surface area contributed by atoms with Crippen molar-refractivity contribution in [2.75, 3.05) is 5.73 Å². The van der Waals surface area contributed by atoms with Crippen molar-refractivity contribution in [3.8, 4) is 11.4 Å². The summed E-state index contributed by atoms with van der Waals surface area (Å²) in [5, 5.41) is 1.06. The molecule has 0 aliphatic heterocycles. The lowest BCUT2D eigenvalue weighted by Crippen LogP contribution is -2.01. The third-order valence-corrected chi connectivity index (χ3v) is 3.96. The summed E-state index contributed by atoms with van der Waals surface area (Å²) in [6.45, 7) is 0.718. The van der Waals surface area contributed by atoms with E-state index in [1.807, 2.05) is 42.6 Å². The molecule has 3 rings (SSSR count). The largest absolute Gasteiger partial charge is 0.399 e. The molecule has 1 aromatic heterocycles. The topological polar surface area (TPSA) is 43.8 Å². The maximum Gasteiger partial charge on any atom is 0.140 e. The number of aromatic nitrogens is 2. The summed E-state index contributed by atoms with van der Waals surface area (Å²) < 4.78 is 2.06. The van der Waals surface area contributed by atoms with Crippen molar-refractivity contribution in [3.05, 3.63) is 70.5 Å². The van der Waals surface area contributed by atoms with Crippen molar-refractivity contribution in [2.45, 2.75) is 6.54 Å². The molecule has 0 saturated heterocycles. The Hall–Kier alpha value is -1.97. The summed E-state index contributed by atoms with van der Waals surface area (Å²) in [6.07, 6.45) is 3.71. The van der Waals surface area contributed by atoms with Crippen LogP contribution in [0.4, 0.5) is 5.69 Å². The zero-order chi connectivity index (χ0) is 14.8. The number of nitrogens with zero attached hydrogens (tertiary/aromatic N) is 2. The SMILES string of the molecule is Nc1ccc(Cn2ccnc2-c2ccc(Cl)c(Cl)c2)cc1. The molecule has 0 aliphatic rings. The van der Waals surface area contributed by atoms with Crippen molar-refractivity contribution < 1.29 is 0 Å². The highest BCUT2D eigenvalue weighted by molar-refractivity contribution is 6.42. The molecule has 0 bridgehead atoms. The van der Waals surface area contributed by atoms with Crippen molar-refractivity contribution in [3.63, 3.8) is 0 Å². The third kappa shape index (κ3) is 3.04. The van der Waals surface area contributed by atoms with Crippen molar-refractivity contribution in [1.29, 1.82) is 0 Å². The lowest BCUT2D eigenvalue weighted by molar-refractivity contribution is 0.807. The first kappa shape index (κ1) is 14.0. The van der Waals surface area contributed by atoms with E-state index in [-0.39, 0.29) is 0 Å². The van der Waals surface area contributed by atoms with E-state index in [4.69, 9.17) is 28.9 Å². The number of nitrogen functional groups attached to an aromatic ring is 1. The average Bonchev–Trinajstić information content (AvgIpc) is 2.92. The van der Waals surface area contributed by atoms with Gasteiger partial charge in [-0.25, -0.2) is 4.98 Å². The number of halogens is 2. The van der Waals surface area contributed by atoms with Crippen LogP contribution in [0.2, 0.25) is 10.0 Å². The zero-order valence-electron chi connectivity index (χ0n) is 11.1. The lowest BCUT2D eigenvalue weighted by atomic mass is 10.2. The zero-order valence-corrected chi connectivity index (χ0v) is 12.6. The fraction of sp³-hybridized carbons (Fsp3) is 0.0625. The van der Waals surface area contributed by atoms with Gasteiger partial charge in [-0.05, 0) is 35.9 Å². The summed E-state index contributed by atoms with van der Waals surface area (Å²) in [4.78, 5) is 4.41. The van der Waals surface area contributed by atoms with Crippen molar-refractivity contribution in [2.24, 2.45) is 0 Å². The minimum absolute atomic E-state index is 0.524. The number of rotatable bonds is 3. The van der Waals surface area contributed by atoms with Crippen LogP contribution in [0.3, 0.4) is 0 Å². The van der Waals surface area contributed by atoms with Crippen LogP contribution in [0, 0.1) is 0 Å². The Morgan fingerprint density at radius 2 is 1.76 bits per heavy atom. The molecule has 3 aromatic rings. The van der Waals surface area contributed by atoms with E-state index in [0.717, 1.165) is 29.2 Å². The highest BCUT2D eigenvalue weighted by atomic mass is 35.5. The number of hydrogen-bond donors (Lipinski definition) is 1. The molecule has 0 atom stereocenters. The first-order valence-electron chi connectivity index (χ1n) is 6.44. The second-order valence-electron chi connectivity index (χ2n) is 4.75. The van der Waals surface area contributed by atoms with Gasteiger partial charge in [-0.2, -0.15) is 0 Å².